The van der Waals surface area contributed by atoms with Crippen molar-refractivity contribution in [2.75, 3.05) is 38.6 Å². The maximum atomic E-state index is 12.1. The molecule has 30 heavy (non-hydrogen) atoms. The molecule has 2 amide bonds. The molecule has 10 heteroatoms. The number of carbonyl (C=O) groups excluding carboxylic acids is 3. The van der Waals surface area contributed by atoms with E-state index >= 15 is 0 Å². The number of carbonyl (C=O) groups is 3. The van der Waals surface area contributed by atoms with Crippen LogP contribution in [0.4, 0.5) is 5.69 Å². The van der Waals surface area contributed by atoms with Crippen LogP contribution in [0.1, 0.15) is 37.6 Å². The van der Waals surface area contributed by atoms with Crippen LogP contribution in [0.5, 0.6) is 5.75 Å². The lowest BCUT2D eigenvalue weighted by Crippen LogP contribution is -2.46. The molecule has 1 atom stereocenters. The molecule has 1 aromatic carbocycles. The Morgan fingerprint density at radius 1 is 1.20 bits per heavy atom. The van der Waals surface area contributed by atoms with E-state index in [1.165, 1.54) is 12.1 Å². The molecule has 1 rings (SSSR count). The maximum absolute atomic E-state index is 12.1. The average molecular weight is 425 g/mol. The largest absolute Gasteiger partial charge is 0.492 e. The Morgan fingerprint density at radius 2 is 1.90 bits per heavy atom. The first-order valence-electron chi connectivity index (χ1n) is 9.65. The second-order valence-electron chi connectivity index (χ2n) is 7.26. The number of rotatable bonds is 12. The number of ether oxygens (including phenoxy) is 2. The summed E-state index contributed by atoms with van der Waals surface area (Å²) in [5.74, 6) is -1.19. The Balaban J connectivity index is 2.30. The minimum absolute atomic E-state index is 0.0123. The van der Waals surface area contributed by atoms with E-state index in [2.05, 4.69) is 10.6 Å². The Hall–Kier alpha value is -2.85. The third-order valence-electron chi connectivity index (χ3n) is 4.25. The van der Waals surface area contributed by atoms with Crippen LogP contribution in [0.25, 0.3) is 0 Å². The molecule has 0 aliphatic rings. The molecule has 0 fully saturated rings. The summed E-state index contributed by atoms with van der Waals surface area (Å²) in [6.45, 7) is 5.05. The minimum Gasteiger partial charge on any atom is -0.492 e. The zero-order valence-electron chi connectivity index (χ0n) is 17.6. The molecular weight excluding hydrogens is 394 g/mol. The summed E-state index contributed by atoms with van der Waals surface area (Å²) in [6, 6.07) is 4.57. The monoisotopic (exact) mass is 425 g/mol. The van der Waals surface area contributed by atoms with E-state index in [-0.39, 0.29) is 44.2 Å². The maximum Gasteiger partial charge on any atom is 0.338 e. The highest BCUT2D eigenvalue weighted by Crippen LogP contribution is 2.23. The predicted molar refractivity (Wildman–Crippen MR) is 110 cm³/mol. The second kappa shape index (κ2) is 12.0. The number of hydrogen-bond donors (Lipinski definition) is 5. The van der Waals surface area contributed by atoms with E-state index in [9.17, 15) is 19.5 Å². The van der Waals surface area contributed by atoms with Crippen LogP contribution < -0.4 is 21.1 Å². The summed E-state index contributed by atoms with van der Waals surface area (Å²) in [5, 5.41) is 24.0. The van der Waals surface area contributed by atoms with Crippen LogP contribution in [-0.4, -0.2) is 67.0 Å². The molecule has 0 spiro atoms. The van der Waals surface area contributed by atoms with Crippen molar-refractivity contribution in [1.82, 2.24) is 10.6 Å². The van der Waals surface area contributed by atoms with Gasteiger partial charge in [-0.15, -0.1) is 0 Å². The number of hydrogen-bond acceptors (Lipinski definition) is 8. The first-order chi connectivity index (χ1) is 14.1. The van der Waals surface area contributed by atoms with Gasteiger partial charge in [-0.3, -0.25) is 9.59 Å². The van der Waals surface area contributed by atoms with Crippen LogP contribution in [-0.2, 0) is 14.3 Å². The van der Waals surface area contributed by atoms with Gasteiger partial charge < -0.3 is 36.1 Å². The van der Waals surface area contributed by atoms with E-state index in [4.69, 9.17) is 20.3 Å². The summed E-state index contributed by atoms with van der Waals surface area (Å²) in [4.78, 5) is 35.6. The van der Waals surface area contributed by atoms with E-state index in [1.807, 2.05) is 0 Å². The molecule has 0 aliphatic carbocycles. The highest BCUT2D eigenvalue weighted by atomic mass is 16.5. The van der Waals surface area contributed by atoms with Gasteiger partial charge in [-0.2, -0.15) is 0 Å². The molecule has 0 bridgehead atoms. The molecule has 0 aromatic heterocycles. The molecule has 0 saturated heterocycles. The van der Waals surface area contributed by atoms with Gasteiger partial charge in [0.15, 0.2) is 0 Å². The number of nitrogens with one attached hydrogen (secondary N) is 2. The molecule has 10 nitrogen and oxygen atoms in total. The van der Waals surface area contributed by atoms with Crippen LogP contribution in [0, 0.1) is 5.41 Å². The van der Waals surface area contributed by atoms with Crippen molar-refractivity contribution in [3.05, 3.63) is 23.8 Å². The van der Waals surface area contributed by atoms with Crippen LogP contribution in [0.2, 0.25) is 0 Å². The van der Waals surface area contributed by atoms with Gasteiger partial charge in [0.1, 0.15) is 18.5 Å². The Bertz CT molecular complexity index is 737. The number of anilines is 1. The molecule has 0 heterocycles. The van der Waals surface area contributed by atoms with Crippen molar-refractivity contribution in [3.8, 4) is 5.75 Å². The fourth-order valence-electron chi connectivity index (χ4n) is 2.29. The highest BCUT2D eigenvalue weighted by Gasteiger charge is 2.32. The Kier molecular flexibility index (Phi) is 10.1. The number of esters is 1. The number of nitrogen functional groups attached to an aromatic ring is 1. The summed E-state index contributed by atoms with van der Waals surface area (Å²) < 4.78 is 10.4. The minimum atomic E-state index is -1.39. The van der Waals surface area contributed by atoms with Crippen molar-refractivity contribution in [2.45, 2.75) is 33.3 Å². The number of benzene rings is 1. The van der Waals surface area contributed by atoms with E-state index in [0.717, 1.165) is 0 Å². The lowest BCUT2D eigenvalue weighted by atomic mass is 9.87. The second-order valence-corrected chi connectivity index (χ2v) is 7.26. The van der Waals surface area contributed by atoms with Crippen LogP contribution in [0.15, 0.2) is 18.2 Å². The summed E-state index contributed by atoms with van der Waals surface area (Å²) in [7, 11) is 0. The van der Waals surface area contributed by atoms with Crippen molar-refractivity contribution in [2.24, 2.45) is 5.41 Å². The van der Waals surface area contributed by atoms with Crippen LogP contribution >= 0.6 is 0 Å². The van der Waals surface area contributed by atoms with Gasteiger partial charge in [-0.1, -0.05) is 13.8 Å². The number of aliphatic hydroxyl groups excluding tert-OH is 2. The van der Waals surface area contributed by atoms with Crippen LogP contribution in [0.3, 0.4) is 0 Å². The van der Waals surface area contributed by atoms with Crippen molar-refractivity contribution < 1.29 is 34.1 Å². The molecule has 0 aliphatic heterocycles. The van der Waals surface area contributed by atoms with Gasteiger partial charge in [0.25, 0.3) is 0 Å². The molecule has 0 radical (unpaired) electrons. The molecular formula is C20H31N3O7. The predicted octanol–water partition coefficient (Wildman–Crippen LogP) is -0.174. The lowest BCUT2D eigenvalue weighted by molar-refractivity contribution is -0.137. The van der Waals surface area contributed by atoms with Gasteiger partial charge in [0, 0.05) is 18.4 Å². The molecule has 6 N–H and O–H groups in total. The average Bonchev–Trinajstić information content (AvgIpc) is 2.72. The first kappa shape index (κ1) is 25.2. The summed E-state index contributed by atoms with van der Waals surface area (Å²) in [5.41, 5.74) is 5.48. The normalized spacial score (nSPS) is 12.0. The van der Waals surface area contributed by atoms with Crippen molar-refractivity contribution >= 4 is 23.5 Å². The zero-order chi connectivity index (χ0) is 22.7. The van der Waals surface area contributed by atoms with Gasteiger partial charge in [-0.05, 0) is 25.1 Å². The zero-order valence-corrected chi connectivity index (χ0v) is 17.6. The standard InChI is InChI=1S/C20H31N3O7/c1-4-29-15-11-13(5-6-14(15)21)19(28)30-10-9-22-16(25)7-8-23-18(27)17(26)20(2,3)12-24/h5-6,11,17,24,26H,4,7-10,12,21H2,1-3H3,(H,22,25)(H,23,27)/t17-/m0/s1. The molecule has 0 saturated carbocycles. The summed E-state index contributed by atoms with van der Waals surface area (Å²) in [6.07, 6.45) is -1.40. The topological polar surface area (TPSA) is 160 Å². The van der Waals surface area contributed by atoms with Gasteiger partial charge >= 0.3 is 5.97 Å². The molecule has 168 valence electrons. The van der Waals surface area contributed by atoms with Crippen molar-refractivity contribution in [1.29, 1.82) is 0 Å². The summed E-state index contributed by atoms with van der Waals surface area (Å²) >= 11 is 0. The molecule has 0 unspecified atom stereocenters. The fourth-order valence-corrected chi connectivity index (χ4v) is 2.29. The van der Waals surface area contributed by atoms with E-state index in [0.29, 0.717) is 18.0 Å². The third kappa shape index (κ3) is 7.88. The number of nitrogens with two attached hydrogens (primary N) is 1. The van der Waals surface area contributed by atoms with Gasteiger partial charge in [-0.25, -0.2) is 4.79 Å². The van der Waals surface area contributed by atoms with Gasteiger partial charge in [0.2, 0.25) is 11.8 Å². The SMILES string of the molecule is CCOc1cc(C(=O)OCCNC(=O)CCNC(=O)[C@H](O)C(C)(C)CO)ccc1N. The van der Waals surface area contributed by atoms with E-state index < -0.39 is 23.4 Å². The quantitative estimate of drug-likeness (QED) is 0.175. The van der Waals surface area contributed by atoms with Crippen molar-refractivity contribution in [3.63, 3.8) is 0 Å². The lowest BCUT2D eigenvalue weighted by Gasteiger charge is -2.27. The fraction of sp³-hybridized carbons (Fsp3) is 0.550. The van der Waals surface area contributed by atoms with Gasteiger partial charge in [0.05, 0.1) is 31.0 Å². The highest BCUT2D eigenvalue weighted by molar-refractivity contribution is 5.90. The number of aliphatic hydroxyl groups is 2. The Morgan fingerprint density at radius 3 is 2.53 bits per heavy atom. The third-order valence-corrected chi connectivity index (χ3v) is 4.25. The Labute approximate surface area is 175 Å². The number of amides is 2. The smallest absolute Gasteiger partial charge is 0.338 e. The van der Waals surface area contributed by atoms with E-state index in [1.54, 1.807) is 26.8 Å². The first-order valence-corrected chi connectivity index (χ1v) is 9.65. The molecule has 1 aromatic rings.